The molecule has 0 bridgehead atoms. The molecule has 0 aromatic heterocycles. The second kappa shape index (κ2) is 7.54. The Hall–Kier alpha value is -0.690. The molecule has 1 aliphatic heterocycles. The third-order valence-corrected chi connectivity index (χ3v) is 5.47. The molecule has 0 radical (unpaired) electrons. The molecule has 4 nitrogen and oxygen atoms in total. The molecule has 0 aliphatic carbocycles. The highest BCUT2D eigenvalue weighted by Crippen LogP contribution is 2.21. The van der Waals surface area contributed by atoms with E-state index in [4.69, 9.17) is 0 Å². The maximum atomic E-state index is 13.2. The summed E-state index contributed by atoms with van der Waals surface area (Å²) in [5.41, 5.74) is 0.884. The monoisotopic (exact) mass is 336 g/mol. The summed E-state index contributed by atoms with van der Waals surface area (Å²) in [6.45, 7) is 5.62. The SMILES string of the molecule is Cc1cc(F)cc(C)c1S(=O)(=O)NCCC1CCNC1.Cl. The Labute approximate surface area is 132 Å². The van der Waals surface area contributed by atoms with E-state index in [1.165, 1.54) is 12.1 Å². The molecule has 1 atom stereocenters. The first kappa shape index (κ1) is 18.4. The van der Waals surface area contributed by atoms with Crippen molar-refractivity contribution in [3.8, 4) is 0 Å². The second-order valence-electron chi connectivity index (χ2n) is 5.41. The van der Waals surface area contributed by atoms with Crippen LogP contribution in [0.2, 0.25) is 0 Å². The van der Waals surface area contributed by atoms with Crippen molar-refractivity contribution >= 4 is 22.4 Å². The number of hydrogen-bond donors (Lipinski definition) is 2. The Balaban J connectivity index is 0.00000220. The molecule has 0 amide bonds. The lowest BCUT2D eigenvalue weighted by Crippen LogP contribution is -2.28. The molecule has 0 spiro atoms. The van der Waals surface area contributed by atoms with Gasteiger partial charge in [-0.15, -0.1) is 12.4 Å². The van der Waals surface area contributed by atoms with Crippen molar-refractivity contribution in [1.29, 1.82) is 0 Å². The van der Waals surface area contributed by atoms with Crippen LogP contribution in [0.15, 0.2) is 17.0 Å². The number of aryl methyl sites for hydroxylation is 2. The third kappa shape index (κ3) is 4.64. The molecule has 2 N–H and O–H groups in total. The molecule has 7 heteroatoms. The van der Waals surface area contributed by atoms with Crippen molar-refractivity contribution in [2.24, 2.45) is 5.92 Å². The van der Waals surface area contributed by atoms with E-state index in [1.54, 1.807) is 13.8 Å². The first-order valence-corrected chi connectivity index (χ1v) is 8.35. The average Bonchev–Trinajstić information content (AvgIpc) is 2.79. The lowest BCUT2D eigenvalue weighted by Gasteiger charge is -2.13. The van der Waals surface area contributed by atoms with Gasteiger partial charge in [0, 0.05) is 6.54 Å². The molecule has 1 aliphatic rings. The van der Waals surface area contributed by atoms with E-state index in [1.807, 2.05) is 0 Å². The average molecular weight is 337 g/mol. The molecule has 2 rings (SSSR count). The van der Waals surface area contributed by atoms with Gasteiger partial charge in [-0.05, 0) is 69.0 Å². The van der Waals surface area contributed by atoms with Crippen molar-refractivity contribution < 1.29 is 12.8 Å². The Bertz CT molecular complexity index is 564. The smallest absolute Gasteiger partial charge is 0.241 e. The fourth-order valence-electron chi connectivity index (χ4n) is 2.75. The van der Waals surface area contributed by atoms with Crippen molar-refractivity contribution in [2.75, 3.05) is 19.6 Å². The molecule has 21 heavy (non-hydrogen) atoms. The highest BCUT2D eigenvalue weighted by atomic mass is 35.5. The van der Waals surface area contributed by atoms with Crippen molar-refractivity contribution in [3.63, 3.8) is 0 Å². The predicted octanol–water partition coefficient (Wildman–Crippen LogP) is 2.14. The minimum absolute atomic E-state index is 0. The maximum Gasteiger partial charge on any atom is 0.241 e. The highest BCUT2D eigenvalue weighted by molar-refractivity contribution is 7.89. The van der Waals surface area contributed by atoms with Gasteiger partial charge in [0.05, 0.1) is 4.90 Å². The Morgan fingerprint density at radius 2 is 1.95 bits per heavy atom. The topological polar surface area (TPSA) is 58.2 Å². The fourth-order valence-corrected chi connectivity index (χ4v) is 4.25. The summed E-state index contributed by atoms with van der Waals surface area (Å²) in [5, 5.41) is 3.26. The summed E-state index contributed by atoms with van der Waals surface area (Å²) in [6, 6.07) is 2.50. The third-order valence-electron chi connectivity index (χ3n) is 3.70. The van der Waals surface area contributed by atoms with Gasteiger partial charge in [0.25, 0.3) is 0 Å². The summed E-state index contributed by atoms with van der Waals surface area (Å²) in [4.78, 5) is 0.198. The van der Waals surface area contributed by atoms with Gasteiger partial charge in [0.1, 0.15) is 5.82 Å². The Morgan fingerprint density at radius 3 is 2.48 bits per heavy atom. The molecule has 1 heterocycles. The van der Waals surface area contributed by atoms with Gasteiger partial charge < -0.3 is 5.32 Å². The van der Waals surface area contributed by atoms with E-state index in [2.05, 4.69) is 10.0 Å². The van der Waals surface area contributed by atoms with Crippen LogP contribution >= 0.6 is 12.4 Å². The molecule has 120 valence electrons. The van der Waals surface area contributed by atoms with Crippen LogP contribution in [-0.2, 0) is 10.0 Å². The first-order valence-electron chi connectivity index (χ1n) is 6.87. The van der Waals surface area contributed by atoms with Crippen LogP contribution in [0.4, 0.5) is 4.39 Å². The van der Waals surface area contributed by atoms with Crippen LogP contribution in [0.1, 0.15) is 24.0 Å². The van der Waals surface area contributed by atoms with Gasteiger partial charge in [-0.3, -0.25) is 0 Å². The van der Waals surface area contributed by atoms with Crippen molar-refractivity contribution in [3.05, 3.63) is 29.1 Å². The molecule has 1 aromatic rings. The zero-order valence-corrected chi connectivity index (χ0v) is 13.9. The largest absolute Gasteiger partial charge is 0.316 e. The maximum absolute atomic E-state index is 13.2. The van der Waals surface area contributed by atoms with Gasteiger partial charge in [-0.1, -0.05) is 0 Å². The molecule has 1 fully saturated rings. The summed E-state index contributed by atoms with van der Waals surface area (Å²) in [5.74, 6) is 0.129. The lowest BCUT2D eigenvalue weighted by atomic mass is 10.1. The Kier molecular flexibility index (Phi) is 6.59. The summed E-state index contributed by atoms with van der Waals surface area (Å²) in [7, 11) is -3.57. The summed E-state index contributed by atoms with van der Waals surface area (Å²) < 4.78 is 40.5. The van der Waals surface area contributed by atoms with Gasteiger partial charge in [0.2, 0.25) is 10.0 Å². The number of hydrogen-bond acceptors (Lipinski definition) is 3. The van der Waals surface area contributed by atoms with Crippen LogP contribution < -0.4 is 10.0 Å². The molecule has 1 unspecified atom stereocenters. The molecular formula is C14H22ClFN2O2S. The van der Waals surface area contributed by atoms with Crippen LogP contribution in [0.5, 0.6) is 0 Å². The standard InChI is InChI=1S/C14H21FN2O2S.ClH/c1-10-7-13(15)8-11(2)14(10)20(18,19)17-6-4-12-3-5-16-9-12;/h7-8,12,16-17H,3-6,9H2,1-2H3;1H. The zero-order valence-electron chi connectivity index (χ0n) is 12.3. The number of sulfonamides is 1. The van der Waals surface area contributed by atoms with Gasteiger partial charge in [-0.2, -0.15) is 0 Å². The van der Waals surface area contributed by atoms with Gasteiger partial charge >= 0.3 is 0 Å². The van der Waals surface area contributed by atoms with E-state index >= 15 is 0 Å². The summed E-state index contributed by atoms with van der Waals surface area (Å²) >= 11 is 0. The lowest BCUT2D eigenvalue weighted by molar-refractivity contribution is 0.519. The summed E-state index contributed by atoms with van der Waals surface area (Å²) in [6.07, 6.45) is 1.92. The number of rotatable bonds is 5. The molecule has 0 saturated carbocycles. The fraction of sp³-hybridized carbons (Fsp3) is 0.571. The Morgan fingerprint density at radius 1 is 1.33 bits per heavy atom. The van der Waals surface area contributed by atoms with E-state index < -0.39 is 15.8 Å². The molecule has 1 aromatic carbocycles. The zero-order chi connectivity index (χ0) is 14.8. The normalized spacial score (nSPS) is 18.5. The molecular weight excluding hydrogens is 315 g/mol. The van der Waals surface area contributed by atoms with Gasteiger partial charge in [0.15, 0.2) is 0 Å². The number of nitrogens with one attached hydrogen (secondary N) is 2. The van der Waals surface area contributed by atoms with Crippen molar-refractivity contribution in [2.45, 2.75) is 31.6 Å². The first-order chi connectivity index (χ1) is 9.40. The van der Waals surface area contributed by atoms with E-state index in [0.717, 1.165) is 25.9 Å². The van der Waals surface area contributed by atoms with E-state index in [9.17, 15) is 12.8 Å². The quantitative estimate of drug-likeness (QED) is 0.866. The van der Waals surface area contributed by atoms with E-state index in [0.29, 0.717) is 23.6 Å². The molecule has 1 saturated heterocycles. The van der Waals surface area contributed by atoms with E-state index in [-0.39, 0.29) is 17.3 Å². The minimum atomic E-state index is -3.57. The number of halogens is 2. The van der Waals surface area contributed by atoms with Crippen molar-refractivity contribution in [1.82, 2.24) is 10.0 Å². The minimum Gasteiger partial charge on any atom is -0.316 e. The second-order valence-corrected chi connectivity index (χ2v) is 7.12. The van der Waals surface area contributed by atoms with Gasteiger partial charge in [-0.25, -0.2) is 17.5 Å². The predicted molar refractivity (Wildman–Crippen MR) is 83.9 cm³/mol. The number of benzene rings is 1. The van der Waals surface area contributed by atoms with Crippen LogP contribution in [-0.4, -0.2) is 28.1 Å². The van der Waals surface area contributed by atoms with Crippen LogP contribution in [0.25, 0.3) is 0 Å². The van der Waals surface area contributed by atoms with Crippen LogP contribution in [0.3, 0.4) is 0 Å². The van der Waals surface area contributed by atoms with Crippen LogP contribution in [0, 0.1) is 25.6 Å². The highest BCUT2D eigenvalue weighted by Gasteiger charge is 2.21.